The van der Waals surface area contributed by atoms with Crippen LogP contribution in [0.5, 0.6) is 11.5 Å². The highest BCUT2D eigenvalue weighted by atomic mass is 32.2. The third-order valence-corrected chi connectivity index (χ3v) is 7.55. The first kappa shape index (κ1) is 22.6. The molecule has 1 aliphatic heterocycles. The van der Waals surface area contributed by atoms with E-state index in [9.17, 15) is 4.79 Å². The molecule has 0 saturated heterocycles. The van der Waals surface area contributed by atoms with Gasteiger partial charge in [0.05, 0.1) is 43.3 Å². The fourth-order valence-corrected chi connectivity index (χ4v) is 5.41. The number of benzene rings is 1. The molecule has 170 valence electrons. The lowest BCUT2D eigenvalue weighted by Gasteiger charge is -2.33. The minimum absolute atomic E-state index is 0.141. The van der Waals surface area contributed by atoms with Crippen LogP contribution in [-0.2, 0) is 22.6 Å². The number of nitrogen functional groups attached to an aromatic ring is 1. The lowest BCUT2D eigenvalue weighted by Crippen LogP contribution is -2.33. The number of ether oxygens (including phenoxy) is 3. The van der Waals surface area contributed by atoms with Crippen molar-refractivity contribution in [1.29, 1.82) is 0 Å². The Kier molecular flexibility index (Phi) is 6.45. The molecule has 3 aromatic rings. The number of aromatic nitrogens is 2. The number of nitrogens with one attached hydrogen (secondary N) is 1. The van der Waals surface area contributed by atoms with E-state index in [0.29, 0.717) is 34.8 Å². The van der Waals surface area contributed by atoms with Gasteiger partial charge in [0.15, 0.2) is 5.16 Å². The van der Waals surface area contributed by atoms with Gasteiger partial charge in [-0.3, -0.25) is 4.79 Å². The number of thioether (sulfide) groups is 1. The van der Waals surface area contributed by atoms with Crippen molar-refractivity contribution in [2.45, 2.75) is 44.1 Å². The van der Waals surface area contributed by atoms with Crippen molar-refractivity contribution in [1.82, 2.24) is 9.97 Å². The topological polar surface area (TPSA) is 109 Å². The maximum absolute atomic E-state index is 12.5. The van der Waals surface area contributed by atoms with E-state index in [1.54, 1.807) is 43.8 Å². The second-order valence-corrected chi connectivity index (χ2v) is 9.77. The first-order valence-electron chi connectivity index (χ1n) is 10.2. The monoisotopic (exact) mass is 474 g/mol. The van der Waals surface area contributed by atoms with Gasteiger partial charge in [0.1, 0.15) is 22.1 Å². The van der Waals surface area contributed by atoms with Gasteiger partial charge in [0.2, 0.25) is 5.91 Å². The summed E-state index contributed by atoms with van der Waals surface area (Å²) in [6.07, 6.45) is 1.72. The number of fused-ring (bicyclic) bond motifs is 3. The predicted molar refractivity (Wildman–Crippen MR) is 128 cm³/mol. The molecule has 0 bridgehead atoms. The smallest absolute Gasteiger partial charge is 0.234 e. The van der Waals surface area contributed by atoms with Gasteiger partial charge in [-0.15, -0.1) is 11.3 Å². The molecule has 10 heteroatoms. The van der Waals surface area contributed by atoms with Gasteiger partial charge >= 0.3 is 0 Å². The van der Waals surface area contributed by atoms with E-state index in [4.69, 9.17) is 19.9 Å². The van der Waals surface area contributed by atoms with Crippen LogP contribution in [0.15, 0.2) is 23.4 Å². The Morgan fingerprint density at radius 2 is 2.16 bits per heavy atom. The normalized spacial score (nSPS) is 17.8. The van der Waals surface area contributed by atoms with Crippen LogP contribution < -0.4 is 20.5 Å². The summed E-state index contributed by atoms with van der Waals surface area (Å²) in [5.74, 6) is 1.57. The van der Waals surface area contributed by atoms with Crippen molar-refractivity contribution in [3.63, 3.8) is 0 Å². The van der Waals surface area contributed by atoms with Crippen molar-refractivity contribution in [3.05, 3.63) is 28.6 Å². The highest BCUT2D eigenvalue weighted by molar-refractivity contribution is 7.99. The third kappa shape index (κ3) is 4.48. The van der Waals surface area contributed by atoms with E-state index < -0.39 is 0 Å². The Labute approximate surface area is 194 Å². The van der Waals surface area contributed by atoms with Crippen LogP contribution in [0.25, 0.3) is 10.2 Å². The lowest BCUT2D eigenvalue weighted by molar-refractivity contribution is -0.113. The number of anilines is 2. The average molecular weight is 475 g/mol. The molecule has 2 aromatic heterocycles. The summed E-state index contributed by atoms with van der Waals surface area (Å²) in [5, 5.41) is 4.25. The molecule has 32 heavy (non-hydrogen) atoms. The van der Waals surface area contributed by atoms with Gasteiger partial charge in [0, 0.05) is 17.4 Å². The van der Waals surface area contributed by atoms with Crippen LogP contribution in [0.3, 0.4) is 0 Å². The fourth-order valence-electron chi connectivity index (χ4n) is 3.59. The lowest BCUT2D eigenvalue weighted by atomic mass is 9.90. The molecule has 0 aliphatic carbocycles. The molecule has 1 aromatic carbocycles. The fraction of sp³-hybridized carbons (Fsp3) is 0.409. The van der Waals surface area contributed by atoms with Gasteiger partial charge in [0.25, 0.3) is 0 Å². The van der Waals surface area contributed by atoms with Gasteiger partial charge in [-0.05, 0) is 31.0 Å². The first-order chi connectivity index (χ1) is 15.4. The summed E-state index contributed by atoms with van der Waals surface area (Å²) < 4.78 is 16.6. The molecule has 0 radical (unpaired) electrons. The number of carbonyl (C=O) groups is 1. The highest BCUT2D eigenvalue weighted by Gasteiger charge is 2.33. The molecule has 1 unspecified atom stereocenters. The molecule has 3 N–H and O–H groups in total. The van der Waals surface area contributed by atoms with E-state index in [1.165, 1.54) is 17.3 Å². The van der Waals surface area contributed by atoms with Crippen molar-refractivity contribution >= 4 is 50.7 Å². The van der Waals surface area contributed by atoms with Crippen LogP contribution in [-0.4, -0.2) is 41.4 Å². The zero-order valence-corrected chi connectivity index (χ0v) is 20.1. The Bertz CT molecular complexity index is 1170. The first-order valence-corrected chi connectivity index (χ1v) is 12.0. The highest BCUT2D eigenvalue weighted by Crippen LogP contribution is 2.41. The summed E-state index contributed by atoms with van der Waals surface area (Å²) >= 11 is 2.83. The number of methoxy groups -OCH3 is 2. The van der Waals surface area contributed by atoms with Crippen molar-refractivity contribution < 1.29 is 19.0 Å². The largest absolute Gasteiger partial charge is 0.497 e. The van der Waals surface area contributed by atoms with E-state index in [2.05, 4.69) is 29.1 Å². The molecule has 0 spiro atoms. The molecule has 1 atom stereocenters. The second-order valence-electron chi connectivity index (χ2n) is 7.75. The van der Waals surface area contributed by atoms with Crippen LogP contribution >= 0.6 is 23.1 Å². The summed E-state index contributed by atoms with van der Waals surface area (Å²) in [4.78, 5) is 23.6. The van der Waals surface area contributed by atoms with Crippen LogP contribution in [0, 0.1) is 0 Å². The number of carbonyl (C=O) groups excluding carboxylic acids is 1. The van der Waals surface area contributed by atoms with Gasteiger partial charge in [-0.2, -0.15) is 0 Å². The Balaban J connectivity index is 1.48. The molecule has 1 amide bonds. The zero-order valence-electron chi connectivity index (χ0n) is 18.5. The third-order valence-electron chi connectivity index (χ3n) is 5.61. The van der Waals surface area contributed by atoms with Crippen molar-refractivity contribution in [2.24, 2.45) is 0 Å². The number of nitrogens with two attached hydrogens (primary N) is 1. The summed E-state index contributed by atoms with van der Waals surface area (Å²) in [6, 6.07) is 5.21. The maximum atomic E-state index is 12.5. The predicted octanol–water partition coefficient (Wildman–Crippen LogP) is 4.26. The number of hydrogen-bond donors (Lipinski definition) is 2. The molecule has 8 nitrogen and oxygen atoms in total. The number of hydrogen-bond acceptors (Lipinski definition) is 9. The minimum atomic E-state index is -0.196. The van der Waals surface area contributed by atoms with Gasteiger partial charge in [-0.1, -0.05) is 18.7 Å². The molecule has 4 rings (SSSR count). The van der Waals surface area contributed by atoms with Crippen LogP contribution in [0.4, 0.5) is 11.5 Å². The van der Waals surface area contributed by atoms with E-state index in [-0.39, 0.29) is 17.3 Å². The van der Waals surface area contributed by atoms with E-state index in [0.717, 1.165) is 27.9 Å². The van der Waals surface area contributed by atoms with Crippen molar-refractivity contribution in [2.75, 3.05) is 31.0 Å². The van der Waals surface area contributed by atoms with Crippen molar-refractivity contribution in [3.8, 4) is 11.5 Å². The Hall–Kier alpha value is -2.56. The van der Waals surface area contributed by atoms with Gasteiger partial charge in [-0.25, -0.2) is 9.97 Å². The Morgan fingerprint density at radius 1 is 1.34 bits per heavy atom. The molecule has 3 heterocycles. The standard InChI is InChI=1S/C22H26N4O4S2/c1-5-22(2)9-13-16(10-30-22)32-20-18(13)19(23)25-21(26-20)31-11-17(27)24-14-7-6-12(28-3)8-15(14)29-4/h6-8H,5,9-11H2,1-4H3,(H,24,27)(H2,23,25,26). The Morgan fingerprint density at radius 3 is 2.88 bits per heavy atom. The number of nitrogens with zero attached hydrogens (tertiary/aromatic N) is 2. The molecule has 0 fully saturated rings. The number of thiophene rings is 1. The maximum Gasteiger partial charge on any atom is 0.234 e. The van der Waals surface area contributed by atoms with E-state index in [1.807, 2.05) is 0 Å². The molecule has 1 aliphatic rings. The van der Waals surface area contributed by atoms with E-state index >= 15 is 0 Å². The average Bonchev–Trinajstić information content (AvgIpc) is 3.15. The molecule has 0 saturated carbocycles. The quantitative estimate of drug-likeness (QED) is 0.386. The number of rotatable bonds is 7. The van der Waals surface area contributed by atoms with Gasteiger partial charge < -0.3 is 25.3 Å². The zero-order chi connectivity index (χ0) is 22.9. The summed E-state index contributed by atoms with van der Waals surface area (Å²) in [6.45, 7) is 4.81. The SMILES string of the molecule is CCC1(C)Cc2c(sc3nc(SCC(=O)Nc4ccc(OC)cc4OC)nc(N)c23)CO1. The second kappa shape index (κ2) is 9.13. The molecular weight excluding hydrogens is 448 g/mol. The molecular formula is C22H26N4O4S2. The van der Waals surface area contributed by atoms with Crippen LogP contribution in [0.1, 0.15) is 30.7 Å². The van der Waals surface area contributed by atoms with Crippen LogP contribution in [0.2, 0.25) is 0 Å². The summed E-state index contributed by atoms with van der Waals surface area (Å²) in [5.41, 5.74) is 7.89. The minimum Gasteiger partial charge on any atom is -0.497 e. The number of amides is 1. The summed E-state index contributed by atoms with van der Waals surface area (Å²) in [7, 11) is 3.12.